The lowest BCUT2D eigenvalue weighted by Gasteiger charge is -2.36. The molecule has 0 spiro atoms. The number of imide groups is 1. The highest BCUT2D eigenvalue weighted by Crippen LogP contribution is 2.40. The molecule has 7 heteroatoms. The molecular weight excluding hydrogens is 510 g/mol. The number of amides is 2. The maximum atomic E-state index is 12.9. The van der Waals surface area contributed by atoms with Gasteiger partial charge in [0.1, 0.15) is 0 Å². The third-order valence-electron chi connectivity index (χ3n) is 7.01. The molecule has 1 fully saturated rings. The van der Waals surface area contributed by atoms with Crippen LogP contribution < -0.4 is 4.90 Å². The van der Waals surface area contributed by atoms with E-state index in [0.717, 1.165) is 22.4 Å². The average Bonchev–Trinajstić information content (AvgIpc) is 3.26. The number of hydrogen-bond acceptors (Lipinski definition) is 6. The third kappa shape index (κ3) is 5.27. The number of nitrogens with zero attached hydrogens (tertiary/aromatic N) is 1. The molecule has 6 rings (SSSR count). The molecule has 3 atom stereocenters. The first-order valence-electron chi connectivity index (χ1n) is 12.9. The van der Waals surface area contributed by atoms with Crippen molar-refractivity contribution in [3.8, 4) is 0 Å². The largest absolute Gasteiger partial charge is 0.392 e. The SMILES string of the molecule is O=C1c2ccccc2C(=O)N1c1ccc(C2OC(CSc3ccccc3)CC(c3ccc(CO)cc3)O2)cc1. The molecule has 1 saturated heterocycles. The molecule has 2 aliphatic rings. The lowest BCUT2D eigenvalue weighted by molar-refractivity contribution is -0.245. The molecule has 3 unspecified atom stereocenters. The maximum absolute atomic E-state index is 12.9. The number of hydrogen-bond donors (Lipinski definition) is 1. The minimum absolute atomic E-state index is 0.00661. The zero-order valence-electron chi connectivity index (χ0n) is 21.1. The number of thioether (sulfide) groups is 1. The smallest absolute Gasteiger partial charge is 0.266 e. The second-order valence-corrected chi connectivity index (χ2v) is 10.7. The van der Waals surface area contributed by atoms with Gasteiger partial charge in [-0.1, -0.05) is 66.7 Å². The van der Waals surface area contributed by atoms with Crippen LogP contribution in [0.3, 0.4) is 0 Å². The molecule has 0 radical (unpaired) electrons. The highest BCUT2D eigenvalue weighted by molar-refractivity contribution is 7.99. The molecule has 1 N–H and O–H groups in total. The van der Waals surface area contributed by atoms with Crippen LogP contribution in [0.1, 0.15) is 56.2 Å². The van der Waals surface area contributed by atoms with Crippen LogP contribution in [-0.2, 0) is 16.1 Å². The van der Waals surface area contributed by atoms with E-state index in [9.17, 15) is 14.7 Å². The Kier molecular flexibility index (Phi) is 7.30. The van der Waals surface area contributed by atoms with Crippen LogP contribution in [0.2, 0.25) is 0 Å². The van der Waals surface area contributed by atoms with Crippen LogP contribution in [0.15, 0.2) is 108 Å². The van der Waals surface area contributed by atoms with Gasteiger partial charge in [-0.15, -0.1) is 11.8 Å². The lowest BCUT2D eigenvalue weighted by atomic mass is 10.0. The van der Waals surface area contributed by atoms with Gasteiger partial charge in [-0.05, 0) is 47.5 Å². The monoisotopic (exact) mass is 537 g/mol. The summed E-state index contributed by atoms with van der Waals surface area (Å²) < 4.78 is 12.8. The summed E-state index contributed by atoms with van der Waals surface area (Å²) in [5.41, 5.74) is 4.02. The summed E-state index contributed by atoms with van der Waals surface area (Å²) in [7, 11) is 0. The zero-order chi connectivity index (χ0) is 26.8. The Morgan fingerprint density at radius 3 is 2.00 bits per heavy atom. The van der Waals surface area contributed by atoms with Gasteiger partial charge in [0.25, 0.3) is 11.8 Å². The fourth-order valence-corrected chi connectivity index (χ4v) is 5.88. The number of carbonyl (C=O) groups is 2. The van der Waals surface area contributed by atoms with Crippen molar-refractivity contribution in [3.05, 3.63) is 131 Å². The van der Waals surface area contributed by atoms with Crippen LogP contribution >= 0.6 is 11.8 Å². The van der Waals surface area contributed by atoms with Crippen LogP contribution in [0.25, 0.3) is 0 Å². The van der Waals surface area contributed by atoms with E-state index in [1.165, 1.54) is 9.80 Å². The molecule has 6 nitrogen and oxygen atoms in total. The highest BCUT2D eigenvalue weighted by Gasteiger charge is 2.37. The molecule has 4 aromatic rings. The molecule has 196 valence electrons. The van der Waals surface area contributed by atoms with Crippen molar-refractivity contribution in [3.63, 3.8) is 0 Å². The minimum atomic E-state index is -0.612. The van der Waals surface area contributed by atoms with Gasteiger partial charge in [-0.3, -0.25) is 9.59 Å². The summed E-state index contributed by atoms with van der Waals surface area (Å²) in [5, 5.41) is 9.44. The minimum Gasteiger partial charge on any atom is -0.392 e. The van der Waals surface area contributed by atoms with E-state index in [4.69, 9.17) is 9.47 Å². The van der Waals surface area contributed by atoms with Gasteiger partial charge in [-0.25, -0.2) is 4.90 Å². The standard InChI is InChI=1S/C32H27NO5S/c34-19-21-10-12-22(13-11-21)29-18-25(20-39-26-6-2-1-3-7-26)37-32(38-29)23-14-16-24(17-15-23)33-30(35)27-8-4-5-9-28(27)31(33)36/h1-17,25,29,32,34H,18-20H2. The Morgan fingerprint density at radius 2 is 1.36 bits per heavy atom. The maximum Gasteiger partial charge on any atom is 0.266 e. The predicted octanol–water partition coefficient (Wildman–Crippen LogP) is 6.32. The summed E-state index contributed by atoms with van der Waals surface area (Å²) in [6, 6.07) is 32.1. The van der Waals surface area contributed by atoms with E-state index < -0.39 is 6.29 Å². The lowest BCUT2D eigenvalue weighted by Crippen LogP contribution is -2.31. The molecular formula is C32H27NO5S. The number of benzene rings is 4. The second kappa shape index (κ2) is 11.2. The molecule has 2 amide bonds. The Bertz CT molecular complexity index is 1440. The van der Waals surface area contributed by atoms with Crippen molar-refractivity contribution in [1.82, 2.24) is 0 Å². The Labute approximate surface area is 231 Å². The van der Waals surface area contributed by atoms with Crippen molar-refractivity contribution >= 4 is 29.3 Å². The first-order chi connectivity index (χ1) is 19.1. The number of ether oxygens (including phenoxy) is 2. The van der Waals surface area contributed by atoms with Crippen molar-refractivity contribution in [1.29, 1.82) is 0 Å². The van der Waals surface area contributed by atoms with E-state index >= 15 is 0 Å². The Hall–Kier alpha value is -3.75. The van der Waals surface area contributed by atoms with Gasteiger partial charge in [0, 0.05) is 22.6 Å². The summed E-state index contributed by atoms with van der Waals surface area (Å²) in [6.07, 6.45) is -0.165. The van der Waals surface area contributed by atoms with Crippen LogP contribution in [-0.4, -0.2) is 28.8 Å². The van der Waals surface area contributed by atoms with Gasteiger partial charge >= 0.3 is 0 Å². The quantitative estimate of drug-likeness (QED) is 0.220. The van der Waals surface area contributed by atoms with Gasteiger partial charge in [0.05, 0.1) is 35.6 Å². The van der Waals surface area contributed by atoms with Crippen molar-refractivity contribution in [2.75, 3.05) is 10.7 Å². The van der Waals surface area contributed by atoms with Crippen molar-refractivity contribution < 1.29 is 24.2 Å². The fraction of sp³-hybridized carbons (Fsp3) is 0.188. The molecule has 4 aromatic carbocycles. The molecule has 0 bridgehead atoms. The molecule has 0 aromatic heterocycles. The number of carbonyl (C=O) groups excluding carboxylic acids is 2. The van der Waals surface area contributed by atoms with Gasteiger partial charge < -0.3 is 14.6 Å². The van der Waals surface area contributed by atoms with Gasteiger partial charge in [-0.2, -0.15) is 0 Å². The highest BCUT2D eigenvalue weighted by atomic mass is 32.2. The Balaban J connectivity index is 1.23. The van der Waals surface area contributed by atoms with E-state index in [2.05, 4.69) is 12.1 Å². The van der Waals surface area contributed by atoms with Crippen LogP contribution in [0, 0.1) is 0 Å². The van der Waals surface area contributed by atoms with Crippen molar-refractivity contribution in [2.24, 2.45) is 0 Å². The van der Waals surface area contributed by atoms with E-state index in [1.54, 1.807) is 48.2 Å². The summed E-state index contributed by atoms with van der Waals surface area (Å²) in [6.45, 7) is -0.00661. The topological polar surface area (TPSA) is 76.1 Å². The number of anilines is 1. The molecule has 0 saturated carbocycles. The first-order valence-corrected chi connectivity index (χ1v) is 13.9. The van der Waals surface area contributed by atoms with Crippen molar-refractivity contribution in [2.45, 2.75) is 36.4 Å². The average molecular weight is 538 g/mol. The molecule has 0 aliphatic carbocycles. The number of rotatable bonds is 7. The summed E-state index contributed by atoms with van der Waals surface area (Å²) >= 11 is 1.75. The first kappa shape index (κ1) is 25.5. The second-order valence-electron chi connectivity index (χ2n) is 9.56. The number of aliphatic hydroxyl groups excluding tert-OH is 1. The zero-order valence-corrected chi connectivity index (χ0v) is 21.9. The molecule has 2 aliphatic heterocycles. The van der Waals surface area contributed by atoms with Gasteiger partial charge in [0.15, 0.2) is 6.29 Å². The molecule has 39 heavy (non-hydrogen) atoms. The molecule has 2 heterocycles. The van der Waals surface area contributed by atoms with Crippen LogP contribution in [0.5, 0.6) is 0 Å². The fourth-order valence-electron chi connectivity index (χ4n) is 4.93. The number of aliphatic hydroxyl groups is 1. The van der Waals surface area contributed by atoms with E-state index in [-0.39, 0.29) is 30.6 Å². The van der Waals surface area contributed by atoms with E-state index in [1.807, 2.05) is 54.6 Å². The predicted molar refractivity (Wildman–Crippen MR) is 150 cm³/mol. The van der Waals surface area contributed by atoms with Gasteiger partial charge in [0.2, 0.25) is 0 Å². The number of fused-ring (bicyclic) bond motifs is 1. The van der Waals surface area contributed by atoms with E-state index in [0.29, 0.717) is 23.2 Å². The summed E-state index contributed by atoms with van der Waals surface area (Å²) in [4.78, 5) is 28.2. The van der Waals surface area contributed by atoms with Crippen LogP contribution in [0.4, 0.5) is 5.69 Å². The summed E-state index contributed by atoms with van der Waals surface area (Å²) in [5.74, 6) is 0.123. The Morgan fingerprint density at radius 1 is 0.744 bits per heavy atom. The normalized spacial score (nSPS) is 20.7. The third-order valence-corrected chi connectivity index (χ3v) is 8.16.